The molecule has 1 N–H and O–H groups in total. The van der Waals surface area contributed by atoms with E-state index in [0.29, 0.717) is 31.1 Å². The lowest BCUT2D eigenvalue weighted by Gasteiger charge is -2.35. The Bertz CT molecular complexity index is 2340. The molecule has 1 saturated carbocycles. The molecule has 310 valence electrons. The van der Waals surface area contributed by atoms with Crippen molar-refractivity contribution in [3.63, 3.8) is 0 Å². The number of hydrogen-bond acceptors (Lipinski definition) is 8. The number of benzene rings is 2. The van der Waals surface area contributed by atoms with Crippen molar-refractivity contribution in [2.24, 2.45) is 0 Å². The van der Waals surface area contributed by atoms with Crippen LogP contribution in [-0.4, -0.2) is 102 Å². The summed E-state index contributed by atoms with van der Waals surface area (Å²) in [5, 5.41) is 5.46. The number of hydrogen-bond donors (Lipinski definition) is 1. The number of nitrogens with zero attached hydrogens (tertiary/aromatic N) is 5. The van der Waals surface area contributed by atoms with E-state index in [0.717, 1.165) is 89.1 Å². The lowest BCUT2D eigenvalue weighted by atomic mass is 9.81. The highest BCUT2D eigenvalue weighted by Crippen LogP contribution is 2.48. The maximum atomic E-state index is 14.8. The molecule has 2 saturated heterocycles. The van der Waals surface area contributed by atoms with Gasteiger partial charge in [-0.3, -0.25) is 19.0 Å². The summed E-state index contributed by atoms with van der Waals surface area (Å²) in [6.45, 7) is 10.5. The lowest BCUT2D eigenvalue weighted by molar-refractivity contribution is -0.118. The molecule has 58 heavy (non-hydrogen) atoms. The number of methoxy groups -OCH3 is 1. The van der Waals surface area contributed by atoms with Crippen LogP contribution in [0.3, 0.4) is 0 Å². The van der Waals surface area contributed by atoms with Gasteiger partial charge in [0, 0.05) is 29.6 Å². The van der Waals surface area contributed by atoms with Crippen LogP contribution in [0.2, 0.25) is 0 Å². The van der Waals surface area contributed by atoms with Crippen LogP contribution in [0, 0.1) is 0 Å². The highest BCUT2D eigenvalue weighted by Gasteiger charge is 2.35. The SMILES string of the molecule is COc1ccc2c(c1)C=C(c1c(C(=O)N3C[C@@H](C)O[C@@H](C)C3)cnn1C1CCN(C)CC1)Cn1c-2c(C2CCCCC2)c2ccc(CC(=O)NS(=O)(=O)C(C)C)cc21. The van der Waals surface area contributed by atoms with Crippen LogP contribution in [-0.2, 0) is 32.5 Å². The number of morpholine rings is 1. The molecule has 4 aromatic rings. The minimum absolute atomic E-state index is 0.0441. The van der Waals surface area contributed by atoms with Gasteiger partial charge in [0.2, 0.25) is 15.9 Å². The van der Waals surface area contributed by atoms with Crippen LogP contribution >= 0.6 is 0 Å². The second-order valence-corrected chi connectivity index (χ2v) is 19.5. The Balaban J connectivity index is 1.32. The van der Waals surface area contributed by atoms with Crippen molar-refractivity contribution in [2.75, 3.05) is 40.3 Å². The zero-order valence-corrected chi connectivity index (χ0v) is 35.6. The highest BCUT2D eigenvalue weighted by molar-refractivity contribution is 7.90. The number of carbonyl (C=O) groups is 2. The number of nitrogens with one attached hydrogen (secondary N) is 1. The standard InChI is InChI=1S/C45H58N6O6S/c1-28(2)58(54,55)47-41(52)21-31-12-14-38-40(20-31)50-27-34(22-33-23-36(56-6)13-15-37(33)44(50)42(38)32-10-8-7-9-11-32)43-39(45(53)49-25-29(3)57-30(4)26-49)24-46-51(43)35-16-18-48(5)19-17-35/h12-15,20,22-24,28-30,32,35H,7-11,16-19,21,25-27H2,1-6H3,(H,47,52)/t29-,30+. The van der Waals surface area contributed by atoms with Gasteiger partial charge in [-0.15, -0.1) is 0 Å². The van der Waals surface area contributed by atoms with Crippen LogP contribution in [0.5, 0.6) is 5.75 Å². The Morgan fingerprint density at radius 1 is 0.966 bits per heavy atom. The van der Waals surface area contributed by atoms with E-state index in [1.54, 1.807) is 27.2 Å². The molecule has 13 heteroatoms. The zero-order chi connectivity index (χ0) is 40.9. The van der Waals surface area contributed by atoms with Crippen molar-refractivity contribution < 1.29 is 27.5 Å². The third kappa shape index (κ3) is 7.85. The lowest BCUT2D eigenvalue weighted by Crippen LogP contribution is -2.48. The third-order valence-electron chi connectivity index (χ3n) is 12.7. The third-order valence-corrected chi connectivity index (χ3v) is 14.4. The van der Waals surface area contributed by atoms with E-state index in [4.69, 9.17) is 14.6 Å². The van der Waals surface area contributed by atoms with Gasteiger partial charge in [-0.2, -0.15) is 5.10 Å². The van der Waals surface area contributed by atoms with Crippen molar-refractivity contribution in [1.29, 1.82) is 0 Å². The van der Waals surface area contributed by atoms with Crippen LogP contribution < -0.4 is 9.46 Å². The van der Waals surface area contributed by atoms with Crippen LogP contribution in [0.1, 0.15) is 117 Å². The molecule has 2 aromatic carbocycles. The van der Waals surface area contributed by atoms with E-state index in [-0.39, 0.29) is 30.6 Å². The number of ether oxygens (including phenoxy) is 2. The van der Waals surface area contributed by atoms with Crippen molar-refractivity contribution in [2.45, 2.75) is 115 Å². The summed E-state index contributed by atoms with van der Waals surface area (Å²) in [4.78, 5) is 32.2. The van der Waals surface area contributed by atoms with Crippen LogP contribution in [0.15, 0.2) is 42.6 Å². The van der Waals surface area contributed by atoms with Crippen LogP contribution in [0.4, 0.5) is 0 Å². The first-order chi connectivity index (χ1) is 27.8. The second kappa shape index (κ2) is 16.3. The van der Waals surface area contributed by atoms with E-state index in [1.165, 1.54) is 24.8 Å². The summed E-state index contributed by atoms with van der Waals surface area (Å²) in [6, 6.07) is 12.6. The number of rotatable bonds is 9. The largest absolute Gasteiger partial charge is 0.497 e. The monoisotopic (exact) mass is 810 g/mol. The number of piperidine rings is 1. The Morgan fingerprint density at radius 3 is 2.38 bits per heavy atom. The van der Waals surface area contributed by atoms with Crippen molar-refractivity contribution in [3.8, 4) is 17.0 Å². The molecule has 2 aromatic heterocycles. The summed E-state index contributed by atoms with van der Waals surface area (Å²) >= 11 is 0. The molecule has 2 atom stereocenters. The van der Waals surface area contributed by atoms with Crippen LogP contribution in [0.25, 0.3) is 33.8 Å². The van der Waals surface area contributed by atoms with Crippen molar-refractivity contribution >= 4 is 44.4 Å². The Hall–Kier alpha value is -4.46. The van der Waals surface area contributed by atoms with Gasteiger partial charge in [0.25, 0.3) is 5.91 Å². The average molecular weight is 811 g/mol. The van der Waals surface area contributed by atoms with Gasteiger partial charge in [-0.25, -0.2) is 8.42 Å². The molecule has 3 aliphatic heterocycles. The molecular formula is C45H58N6O6S. The summed E-state index contributed by atoms with van der Waals surface area (Å²) in [5.41, 5.74) is 8.66. The normalized spacial score (nSPS) is 21.1. The van der Waals surface area contributed by atoms with E-state index in [2.05, 4.69) is 56.3 Å². The fourth-order valence-corrected chi connectivity index (χ4v) is 10.3. The summed E-state index contributed by atoms with van der Waals surface area (Å²) in [5.74, 6) is 0.496. The molecule has 1 aliphatic carbocycles. The predicted octanol–water partition coefficient (Wildman–Crippen LogP) is 7.03. The molecule has 0 bridgehead atoms. The Labute approximate surface area is 342 Å². The number of aromatic nitrogens is 3. The van der Waals surface area contributed by atoms with E-state index < -0.39 is 21.2 Å². The molecule has 4 aliphatic rings. The minimum Gasteiger partial charge on any atom is -0.497 e. The Morgan fingerprint density at radius 2 is 1.69 bits per heavy atom. The van der Waals surface area contributed by atoms with E-state index >= 15 is 0 Å². The molecule has 8 rings (SSSR count). The second-order valence-electron chi connectivity index (χ2n) is 17.3. The average Bonchev–Trinajstić information content (AvgIpc) is 3.72. The number of allylic oxidation sites excluding steroid dienone is 1. The zero-order valence-electron chi connectivity index (χ0n) is 34.8. The minimum atomic E-state index is -3.77. The maximum Gasteiger partial charge on any atom is 0.257 e. The summed E-state index contributed by atoms with van der Waals surface area (Å²) < 4.78 is 43.9. The van der Waals surface area contributed by atoms with Gasteiger partial charge in [0.05, 0.1) is 66.7 Å². The molecule has 0 unspecified atom stereocenters. The first-order valence-electron chi connectivity index (χ1n) is 21.1. The van der Waals surface area contributed by atoms with Gasteiger partial charge >= 0.3 is 0 Å². The number of carbonyl (C=O) groups excluding carboxylic acids is 2. The first-order valence-corrected chi connectivity index (χ1v) is 22.7. The number of amides is 2. The predicted molar refractivity (Wildman–Crippen MR) is 227 cm³/mol. The number of likely N-dealkylation sites (tertiary alicyclic amines) is 1. The molecule has 5 heterocycles. The molecule has 12 nitrogen and oxygen atoms in total. The summed E-state index contributed by atoms with van der Waals surface area (Å²) in [7, 11) is 0.0642. The smallest absolute Gasteiger partial charge is 0.257 e. The van der Waals surface area contributed by atoms with Gasteiger partial charge in [-0.1, -0.05) is 31.4 Å². The first kappa shape index (κ1) is 40.3. The van der Waals surface area contributed by atoms with Gasteiger partial charge in [0.15, 0.2) is 0 Å². The maximum absolute atomic E-state index is 14.8. The van der Waals surface area contributed by atoms with Gasteiger partial charge in [-0.05, 0) is 132 Å². The van der Waals surface area contributed by atoms with Gasteiger partial charge in [0.1, 0.15) is 5.75 Å². The van der Waals surface area contributed by atoms with E-state index in [1.807, 2.05) is 30.9 Å². The molecule has 0 radical (unpaired) electrons. The van der Waals surface area contributed by atoms with Crippen molar-refractivity contribution in [3.05, 3.63) is 70.5 Å². The highest BCUT2D eigenvalue weighted by atomic mass is 32.2. The van der Waals surface area contributed by atoms with Crippen molar-refractivity contribution in [1.82, 2.24) is 28.9 Å². The van der Waals surface area contributed by atoms with E-state index in [9.17, 15) is 18.0 Å². The topological polar surface area (TPSA) is 128 Å². The molecule has 0 spiro atoms. The number of fused-ring (bicyclic) bond motifs is 5. The Kier molecular flexibility index (Phi) is 11.3. The molecule has 3 fully saturated rings. The summed E-state index contributed by atoms with van der Waals surface area (Å²) in [6.07, 6.45) is 11.4. The quantitative estimate of drug-likeness (QED) is 0.191. The van der Waals surface area contributed by atoms with Gasteiger partial charge < -0.3 is 23.8 Å². The fraction of sp³-hybridized carbons (Fsp3) is 0.533. The fourth-order valence-electron chi connectivity index (χ4n) is 9.71. The molecular weight excluding hydrogens is 753 g/mol. The number of sulfonamides is 1. The molecule has 2 amide bonds.